The lowest BCUT2D eigenvalue weighted by atomic mass is 10.0. The van der Waals surface area contributed by atoms with Crippen molar-refractivity contribution in [3.05, 3.63) is 71.3 Å². The molecule has 0 spiro atoms. The van der Waals surface area contributed by atoms with Gasteiger partial charge in [0, 0.05) is 12.0 Å². The molecule has 4 heteroatoms. The van der Waals surface area contributed by atoms with Gasteiger partial charge in [-0.15, -0.1) is 0 Å². The van der Waals surface area contributed by atoms with Gasteiger partial charge in [0.15, 0.2) is 0 Å². The summed E-state index contributed by atoms with van der Waals surface area (Å²) in [6.07, 6.45) is 3.49. The van der Waals surface area contributed by atoms with Gasteiger partial charge in [-0.2, -0.15) is 0 Å². The van der Waals surface area contributed by atoms with Crippen molar-refractivity contribution in [1.82, 2.24) is 5.32 Å². The van der Waals surface area contributed by atoms with Gasteiger partial charge in [-0.25, -0.2) is 4.79 Å². The standard InChI is InChI=1S/C20H23NO3/c1-2-3-7-15-10-12-17(13-11-15)19(22)21-18(20(23)24)14-16-8-5-4-6-9-16/h4-6,8-13,18H,2-3,7,14H2,1H3,(H,21,22)(H,23,24)/t18-/m0/s1. The number of benzene rings is 2. The summed E-state index contributed by atoms with van der Waals surface area (Å²) in [4.78, 5) is 23.7. The zero-order valence-electron chi connectivity index (χ0n) is 13.9. The molecule has 0 heterocycles. The van der Waals surface area contributed by atoms with Crippen LogP contribution in [-0.2, 0) is 17.6 Å². The van der Waals surface area contributed by atoms with Gasteiger partial charge in [0.05, 0.1) is 0 Å². The second-order valence-electron chi connectivity index (χ2n) is 5.85. The van der Waals surface area contributed by atoms with Crippen LogP contribution in [0.15, 0.2) is 54.6 Å². The van der Waals surface area contributed by atoms with Crippen LogP contribution in [0.1, 0.15) is 41.3 Å². The number of hydrogen-bond acceptors (Lipinski definition) is 2. The van der Waals surface area contributed by atoms with Crippen molar-refractivity contribution in [2.75, 3.05) is 0 Å². The van der Waals surface area contributed by atoms with Crippen molar-refractivity contribution >= 4 is 11.9 Å². The lowest BCUT2D eigenvalue weighted by Crippen LogP contribution is -2.42. The molecule has 0 fully saturated rings. The summed E-state index contributed by atoms with van der Waals surface area (Å²) in [5.74, 6) is -1.40. The molecule has 0 bridgehead atoms. The summed E-state index contributed by atoms with van der Waals surface area (Å²) >= 11 is 0. The molecule has 0 radical (unpaired) electrons. The molecule has 4 nitrogen and oxygen atoms in total. The largest absolute Gasteiger partial charge is 0.480 e. The van der Waals surface area contributed by atoms with E-state index in [1.54, 1.807) is 12.1 Å². The summed E-state index contributed by atoms with van der Waals surface area (Å²) in [7, 11) is 0. The van der Waals surface area contributed by atoms with Gasteiger partial charge in [-0.3, -0.25) is 4.79 Å². The molecule has 2 N–H and O–H groups in total. The molecular weight excluding hydrogens is 302 g/mol. The van der Waals surface area contributed by atoms with Crippen LogP contribution in [0.25, 0.3) is 0 Å². The van der Waals surface area contributed by atoms with Crippen molar-refractivity contribution in [1.29, 1.82) is 0 Å². The highest BCUT2D eigenvalue weighted by molar-refractivity contribution is 5.96. The lowest BCUT2D eigenvalue weighted by molar-refractivity contribution is -0.139. The van der Waals surface area contributed by atoms with Crippen LogP contribution in [0.3, 0.4) is 0 Å². The fourth-order valence-electron chi connectivity index (χ4n) is 2.50. The van der Waals surface area contributed by atoms with Crippen LogP contribution in [-0.4, -0.2) is 23.0 Å². The Morgan fingerprint density at radius 2 is 1.67 bits per heavy atom. The summed E-state index contributed by atoms with van der Waals surface area (Å²) in [5.41, 5.74) is 2.54. The third-order valence-electron chi connectivity index (χ3n) is 3.92. The molecule has 0 aromatic heterocycles. The number of rotatable bonds is 8. The minimum Gasteiger partial charge on any atom is -0.480 e. The van der Waals surface area contributed by atoms with Gasteiger partial charge in [-0.1, -0.05) is 55.8 Å². The quantitative estimate of drug-likeness (QED) is 0.781. The number of carboxylic acid groups (broad SMARTS) is 1. The third-order valence-corrected chi connectivity index (χ3v) is 3.92. The smallest absolute Gasteiger partial charge is 0.326 e. The van der Waals surface area contributed by atoms with Crippen LogP contribution in [0.2, 0.25) is 0 Å². The summed E-state index contributed by atoms with van der Waals surface area (Å²) < 4.78 is 0. The summed E-state index contributed by atoms with van der Waals surface area (Å²) in [5, 5.41) is 12.0. The molecule has 126 valence electrons. The maximum atomic E-state index is 12.3. The first-order valence-electron chi connectivity index (χ1n) is 8.26. The van der Waals surface area contributed by atoms with E-state index >= 15 is 0 Å². The van der Waals surface area contributed by atoms with Crippen molar-refractivity contribution in [3.63, 3.8) is 0 Å². The highest BCUT2D eigenvalue weighted by Gasteiger charge is 2.21. The summed E-state index contributed by atoms with van der Waals surface area (Å²) in [6, 6.07) is 15.7. The SMILES string of the molecule is CCCCc1ccc(C(=O)N[C@@H](Cc2ccccc2)C(=O)O)cc1. The fraction of sp³-hybridized carbons (Fsp3) is 0.300. The minimum atomic E-state index is -1.04. The Morgan fingerprint density at radius 1 is 1.00 bits per heavy atom. The van der Waals surface area contributed by atoms with Crippen molar-refractivity contribution in [2.24, 2.45) is 0 Å². The fourth-order valence-corrected chi connectivity index (χ4v) is 2.50. The molecule has 2 aromatic rings. The number of carbonyl (C=O) groups excluding carboxylic acids is 1. The highest BCUT2D eigenvalue weighted by atomic mass is 16.4. The average Bonchev–Trinajstić information content (AvgIpc) is 2.60. The van der Waals surface area contributed by atoms with E-state index in [1.165, 1.54) is 5.56 Å². The molecule has 0 aliphatic heterocycles. The molecule has 0 aliphatic rings. The number of aryl methyl sites for hydroxylation is 1. The minimum absolute atomic E-state index is 0.260. The molecule has 2 aromatic carbocycles. The molecule has 0 saturated carbocycles. The van der Waals surface area contributed by atoms with Gasteiger partial charge in [0.25, 0.3) is 5.91 Å². The molecule has 0 unspecified atom stereocenters. The molecule has 0 aliphatic carbocycles. The Bertz CT molecular complexity index is 665. The van der Waals surface area contributed by atoms with Gasteiger partial charge >= 0.3 is 5.97 Å². The van der Waals surface area contributed by atoms with E-state index in [4.69, 9.17) is 0 Å². The van der Waals surface area contributed by atoms with E-state index in [1.807, 2.05) is 42.5 Å². The highest BCUT2D eigenvalue weighted by Crippen LogP contribution is 2.09. The molecule has 1 atom stereocenters. The van der Waals surface area contributed by atoms with Crippen LogP contribution in [0.4, 0.5) is 0 Å². The number of carbonyl (C=O) groups is 2. The predicted octanol–water partition coefficient (Wildman–Crippen LogP) is 3.45. The van der Waals surface area contributed by atoms with Gasteiger partial charge in [-0.05, 0) is 36.1 Å². The first-order valence-corrected chi connectivity index (χ1v) is 8.26. The monoisotopic (exact) mass is 325 g/mol. The zero-order chi connectivity index (χ0) is 17.4. The molecule has 24 heavy (non-hydrogen) atoms. The first-order chi connectivity index (χ1) is 11.6. The Balaban J connectivity index is 2.01. The Morgan fingerprint density at radius 3 is 2.25 bits per heavy atom. The maximum Gasteiger partial charge on any atom is 0.326 e. The van der Waals surface area contributed by atoms with E-state index in [-0.39, 0.29) is 12.3 Å². The van der Waals surface area contributed by atoms with Crippen molar-refractivity contribution < 1.29 is 14.7 Å². The second-order valence-corrected chi connectivity index (χ2v) is 5.85. The van der Waals surface area contributed by atoms with E-state index in [0.29, 0.717) is 5.56 Å². The zero-order valence-corrected chi connectivity index (χ0v) is 13.9. The van der Waals surface area contributed by atoms with Crippen LogP contribution >= 0.6 is 0 Å². The normalized spacial score (nSPS) is 11.7. The van der Waals surface area contributed by atoms with Gasteiger partial charge in [0.1, 0.15) is 6.04 Å². The molecule has 2 rings (SSSR count). The molecule has 1 amide bonds. The number of hydrogen-bond donors (Lipinski definition) is 2. The van der Waals surface area contributed by atoms with E-state index < -0.39 is 12.0 Å². The second kappa shape index (κ2) is 8.87. The lowest BCUT2D eigenvalue weighted by Gasteiger charge is -2.15. The number of nitrogens with one attached hydrogen (secondary N) is 1. The van der Waals surface area contributed by atoms with Gasteiger partial charge < -0.3 is 10.4 Å². The Kier molecular flexibility index (Phi) is 6.55. The van der Waals surface area contributed by atoms with Crippen LogP contribution in [0.5, 0.6) is 0 Å². The maximum absolute atomic E-state index is 12.3. The van der Waals surface area contributed by atoms with Crippen LogP contribution in [0, 0.1) is 0 Å². The van der Waals surface area contributed by atoms with Crippen molar-refractivity contribution in [2.45, 2.75) is 38.6 Å². The van der Waals surface area contributed by atoms with Crippen LogP contribution < -0.4 is 5.32 Å². The third kappa shape index (κ3) is 5.23. The topological polar surface area (TPSA) is 66.4 Å². The van der Waals surface area contributed by atoms with Gasteiger partial charge in [0.2, 0.25) is 0 Å². The van der Waals surface area contributed by atoms with E-state index in [2.05, 4.69) is 12.2 Å². The number of aliphatic carboxylic acids is 1. The predicted molar refractivity (Wildman–Crippen MR) is 94.1 cm³/mol. The number of carboxylic acids is 1. The average molecular weight is 325 g/mol. The summed E-state index contributed by atoms with van der Waals surface area (Å²) in [6.45, 7) is 2.14. The number of unbranched alkanes of at least 4 members (excludes halogenated alkanes) is 1. The van der Waals surface area contributed by atoms with E-state index in [0.717, 1.165) is 24.8 Å². The number of amides is 1. The molecule has 0 saturated heterocycles. The Labute approximate surface area is 142 Å². The van der Waals surface area contributed by atoms with E-state index in [9.17, 15) is 14.7 Å². The Hall–Kier alpha value is -2.62. The van der Waals surface area contributed by atoms with Crippen molar-refractivity contribution in [3.8, 4) is 0 Å². The first kappa shape index (κ1) is 17.7. The molecular formula is C20H23NO3.